The summed E-state index contributed by atoms with van der Waals surface area (Å²) < 4.78 is 6.89. The van der Waals surface area contributed by atoms with E-state index in [0.29, 0.717) is 24.3 Å². The van der Waals surface area contributed by atoms with Gasteiger partial charge in [-0.3, -0.25) is 4.79 Å². The summed E-state index contributed by atoms with van der Waals surface area (Å²) in [6.07, 6.45) is 17.8. The minimum atomic E-state index is -1.25. The third-order valence-electron chi connectivity index (χ3n) is 9.44. The molecule has 5 nitrogen and oxygen atoms in total. The first kappa shape index (κ1) is 35.8. The standard InChI is InChI=1S/C36H51NO4S.Li/c1-26-12-10-11-17-30(26)32-22-29(18-19-31(32)34(38)37-33(35(39)40)20-21-42-3)25-41-36(2,23-27-13-6-4-7-14-27)24-28-15-8-5-9-16-28;/h10-12,17-19,22,27-28,33H,4-9,13-16,20-21,23-25H2,1-3H3,(H,37,38)(H,39,40);/q;+1/p-1/t33-;/m0./s1. The number of carbonyl (C=O) groups excluding carboxylic acids is 2. The minimum Gasteiger partial charge on any atom is -0.548 e. The fraction of sp³-hybridized carbons (Fsp3) is 0.611. The van der Waals surface area contributed by atoms with E-state index in [9.17, 15) is 14.7 Å². The van der Waals surface area contributed by atoms with Crippen LogP contribution in [0.3, 0.4) is 0 Å². The molecule has 2 aliphatic carbocycles. The van der Waals surface area contributed by atoms with Crippen LogP contribution >= 0.6 is 11.8 Å². The summed E-state index contributed by atoms with van der Waals surface area (Å²) in [5, 5.41) is 14.5. The third-order valence-corrected chi connectivity index (χ3v) is 10.1. The molecule has 2 saturated carbocycles. The van der Waals surface area contributed by atoms with E-state index < -0.39 is 17.9 Å². The SMILES string of the molecule is CSCC[C@H](NC(=O)c1ccc(COC(C)(CC2CCCCC2)CC2CCCCC2)cc1-c1ccccc1C)C(=O)[O-].[Li+]. The number of carbonyl (C=O) groups is 2. The zero-order chi connectivity index (χ0) is 30.0. The molecule has 7 heteroatoms. The molecule has 1 atom stereocenters. The Morgan fingerprint density at radius 1 is 0.953 bits per heavy atom. The normalized spacial score (nSPS) is 17.2. The maximum atomic E-state index is 13.5. The number of thioether (sulfide) groups is 1. The molecule has 4 rings (SSSR count). The third kappa shape index (κ3) is 10.7. The van der Waals surface area contributed by atoms with Crippen molar-refractivity contribution in [2.24, 2.45) is 11.8 Å². The van der Waals surface area contributed by atoms with E-state index in [1.807, 2.05) is 49.6 Å². The Balaban J connectivity index is 0.00000506. The Bertz CT molecular complexity index is 1160. The van der Waals surface area contributed by atoms with Gasteiger partial charge in [-0.1, -0.05) is 94.5 Å². The molecule has 0 spiro atoms. The van der Waals surface area contributed by atoms with Gasteiger partial charge in [-0.25, -0.2) is 0 Å². The Morgan fingerprint density at radius 2 is 1.56 bits per heavy atom. The summed E-state index contributed by atoms with van der Waals surface area (Å²) in [5.41, 5.74) is 4.16. The molecular weight excluding hydrogens is 549 g/mol. The average molecular weight is 600 g/mol. The van der Waals surface area contributed by atoms with Gasteiger partial charge in [-0.2, -0.15) is 11.8 Å². The van der Waals surface area contributed by atoms with E-state index >= 15 is 0 Å². The van der Waals surface area contributed by atoms with Gasteiger partial charge in [0, 0.05) is 5.56 Å². The second-order valence-corrected chi connectivity index (χ2v) is 14.0. The van der Waals surface area contributed by atoms with Crippen LogP contribution in [0, 0.1) is 18.8 Å². The number of hydrogen-bond donors (Lipinski definition) is 1. The number of carboxylic acids is 1. The summed E-state index contributed by atoms with van der Waals surface area (Å²) in [6, 6.07) is 12.8. The Morgan fingerprint density at radius 3 is 2.12 bits per heavy atom. The summed E-state index contributed by atoms with van der Waals surface area (Å²) in [6.45, 7) is 4.87. The van der Waals surface area contributed by atoms with Crippen molar-refractivity contribution in [2.45, 2.75) is 116 Å². The van der Waals surface area contributed by atoms with E-state index in [0.717, 1.165) is 46.9 Å². The Labute approximate surface area is 275 Å². The summed E-state index contributed by atoms with van der Waals surface area (Å²) >= 11 is 1.55. The molecule has 0 aromatic heterocycles. The van der Waals surface area contributed by atoms with Crippen LogP contribution in [0.25, 0.3) is 11.1 Å². The predicted octanol–water partition coefficient (Wildman–Crippen LogP) is 4.48. The van der Waals surface area contributed by atoms with Crippen molar-refractivity contribution in [3.05, 3.63) is 59.2 Å². The fourth-order valence-corrected chi connectivity index (χ4v) is 7.63. The van der Waals surface area contributed by atoms with Crippen LogP contribution in [0.15, 0.2) is 42.5 Å². The molecule has 1 N–H and O–H groups in total. The fourth-order valence-electron chi connectivity index (χ4n) is 7.16. The molecule has 0 radical (unpaired) electrons. The van der Waals surface area contributed by atoms with Crippen molar-refractivity contribution < 1.29 is 38.3 Å². The summed E-state index contributed by atoms with van der Waals surface area (Å²) in [5.74, 6) is 0.457. The molecule has 0 unspecified atom stereocenters. The Hall–Kier alpha value is -1.71. The molecule has 2 aromatic rings. The first-order valence-electron chi connectivity index (χ1n) is 16.1. The molecule has 230 valence electrons. The first-order valence-corrected chi connectivity index (χ1v) is 17.5. The predicted molar refractivity (Wildman–Crippen MR) is 171 cm³/mol. The number of nitrogens with one attached hydrogen (secondary N) is 1. The largest absolute Gasteiger partial charge is 1.00 e. The van der Waals surface area contributed by atoms with Crippen molar-refractivity contribution in [3.63, 3.8) is 0 Å². The van der Waals surface area contributed by atoms with Crippen molar-refractivity contribution >= 4 is 23.6 Å². The molecule has 0 saturated heterocycles. The number of hydrogen-bond acceptors (Lipinski definition) is 5. The first-order chi connectivity index (χ1) is 20.3. The zero-order valence-corrected chi connectivity index (χ0v) is 27.7. The molecule has 0 heterocycles. The van der Waals surface area contributed by atoms with Gasteiger partial charge in [-0.15, -0.1) is 0 Å². The maximum absolute atomic E-state index is 13.5. The number of benzene rings is 2. The van der Waals surface area contributed by atoms with Crippen molar-refractivity contribution in [1.29, 1.82) is 0 Å². The topological polar surface area (TPSA) is 78.5 Å². The second-order valence-electron chi connectivity index (χ2n) is 13.0. The molecule has 0 aliphatic heterocycles. The van der Waals surface area contributed by atoms with Crippen LogP contribution in [0.1, 0.15) is 112 Å². The number of aliphatic carboxylic acids is 1. The number of amides is 1. The smallest absolute Gasteiger partial charge is 0.548 e. The van der Waals surface area contributed by atoms with Gasteiger partial charge >= 0.3 is 18.9 Å². The van der Waals surface area contributed by atoms with E-state index in [1.54, 1.807) is 11.8 Å². The quantitative estimate of drug-likeness (QED) is 0.324. The molecule has 2 aliphatic rings. The van der Waals surface area contributed by atoms with Gasteiger partial charge in [0.25, 0.3) is 5.91 Å². The van der Waals surface area contributed by atoms with E-state index in [2.05, 4.69) is 18.3 Å². The maximum Gasteiger partial charge on any atom is 1.00 e. The number of aryl methyl sites for hydroxylation is 1. The second kappa shape index (κ2) is 17.7. The Kier molecular flexibility index (Phi) is 14.7. The van der Waals surface area contributed by atoms with Crippen LogP contribution < -0.4 is 29.3 Å². The van der Waals surface area contributed by atoms with Crippen LogP contribution in [0.2, 0.25) is 0 Å². The van der Waals surface area contributed by atoms with Gasteiger partial charge in [0.15, 0.2) is 0 Å². The molecule has 2 fully saturated rings. The number of carboxylic acid groups (broad SMARTS) is 1. The average Bonchev–Trinajstić information content (AvgIpc) is 2.99. The molecular formula is C36H50LiNO4S. The van der Waals surface area contributed by atoms with Crippen LogP contribution in [-0.4, -0.2) is 35.5 Å². The van der Waals surface area contributed by atoms with Crippen LogP contribution in [0.4, 0.5) is 0 Å². The van der Waals surface area contributed by atoms with Gasteiger partial charge in [-0.05, 0) is 91.3 Å². The van der Waals surface area contributed by atoms with Crippen molar-refractivity contribution in [1.82, 2.24) is 5.32 Å². The molecule has 2 aromatic carbocycles. The summed E-state index contributed by atoms with van der Waals surface area (Å²) in [4.78, 5) is 25.2. The van der Waals surface area contributed by atoms with Gasteiger partial charge in [0.1, 0.15) is 0 Å². The molecule has 0 bridgehead atoms. The van der Waals surface area contributed by atoms with E-state index in [1.165, 1.54) is 64.2 Å². The van der Waals surface area contributed by atoms with Gasteiger partial charge in [0.05, 0.1) is 24.2 Å². The monoisotopic (exact) mass is 599 g/mol. The van der Waals surface area contributed by atoms with Crippen molar-refractivity contribution in [2.75, 3.05) is 12.0 Å². The van der Waals surface area contributed by atoms with Crippen LogP contribution in [0.5, 0.6) is 0 Å². The van der Waals surface area contributed by atoms with Gasteiger partial charge < -0.3 is 20.0 Å². The van der Waals surface area contributed by atoms with Crippen molar-refractivity contribution in [3.8, 4) is 11.1 Å². The van der Waals surface area contributed by atoms with Crippen LogP contribution in [-0.2, 0) is 16.1 Å². The van der Waals surface area contributed by atoms with E-state index in [4.69, 9.17) is 4.74 Å². The van der Waals surface area contributed by atoms with E-state index in [-0.39, 0.29) is 24.5 Å². The molecule has 1 amide bonds. The number of rotatable bonds is 14. The molecule has 43 heavy (non-hydrogen) atoms. The summed E-state index contributed by atoms with van der Waals surface area (Å²) in [7, 11) is 0. The number of ether oxygens (including phenoxy) is 1. The minimum absolute atomic E-state index is 0. The van der Waals surface area contributed by atoms with Gasteiger partial charge in [0.2, 0.25) is 0 Å². The zero-order valence-electron chi connectivity index (χ0n) is 26.9.